The summed E-state index contributed by atoms with van der Waals surface area (Å²) in [6, 6.07) is 9.70. The zero-order chi connectivity index (χ0) is 10.7. The highest BCUT2D eigenvalue weighted by atomic mass is 16.5. The molecule has 1 aliphatic heterocycles. The molecule has 1 atom stereocenters. The van der Waals surface area contributed by atoms with E-state index in [2.05, 4.69) is 0 Å². The minimum absolute atomic E-state index is 0.129. The number of carboxylic acid groups (broad SMARTS) is 1. The van der Waals surface area contributed by atoms with Crippen molar-refractivity contribution in [1.29, 1.82) is 0 Å². The number of rotatable bonds is 1. The Kier molecular flexibility index (Phi) is 2.87. The zero-order valence-electron chi connectivity index (χ0n) is 8.30. The largest absolute Gasteiger partial charge is 0.465 e. The van der Waals surface area contributed by atoms with Crippen molar-refractivity contribution in [1.82, 2.24) is 4.90 Å². The van der Waals surface area contributed by atoms with Gasteiger partial charge >= 0.3 is 6.09 Å². The van der Waals surface area contributed by atoms with Crippen molar-refractivity contribution in [3.05, 3.63) is 35.9 Å². The first-order valence-electron chi connectivity index (χ1n) is 4.92. The summed E-state index contributed by atoms with van der Waals surface area (Å²) >= 11 is 0. The summed E-state index contributed by atoms with van der Waals surface area (Å²) in [5.41, 5.74) is 1.03. The lowest BCUT2D eigenvalue weighted by atomic mass is 10.1. The van der Waals surface area contributed by atoms with Crippen LogP contribution < -0.4 is 0 Å². The molecular formula is C11H13NO3. The molecule has 4 nitrogen and oxygen atoms in total. The van der Waals surface area contributed by atoms with Crippen LogP contribution in [-0.2, 0) is 4.74 Å². The predicted molar refractivity (Wildman–Crippen MR) is 54.7 cm³/mol. The molecule has 0 aliphatic carbocycles. The van der Waals surface area contributed by atoms with Crippen LogP contribution in [0.3, 0.4) is 0 Å². The van der Waals surface area contributed by atoms with Crippen LogP contribution in [0.4, 0.5) is 4.79 Å². The normalized spacial score (nSPS) is 21.3. The molecule has 0 spiro atoms. The maximum absolute atomic E-state index is 10.8. The molecular weight excluding hydrogens is 194 g/mol. The van der Waals surface area contributed by atoms with Crippen molar-refractivity contribution in [3.63, 3.8) is 0 Å². The van der Waals surface area contributed by atoms with Gasteiger partial charge in [0.15, 0.2) is 0 Å². The van der Waals surface area contributed by atoms with Gasteiger partial charge in [-0.15, -0.1) is 0 Å². The minimum atomic E-state index is -0.876. The number of ether oxygens (including phenoxy) is 1. The highest BCUT2D eigenvalue weighted by molar-refractivity contribution is 5.65. The Morgan fingerprint density at radius 2 is 2.13 bits per heavy atom. The van der Waals surface area contributed by atoms with Crippen LogP contribution in [0.5, 0.6) is 0 Å². The molecule has 2 rings (SSSR count). The monoisotopic (exact) mass is 207 g/mol. The molecule has 1 aromatic carbocycles. The number of amides is 1. The summed E-state index contributed by atoms with van der Waals surface area (Å²) in [6.45, 7) is 1.34. The van der Waals surface area contributed by atoms with Crippen molar-refractivity contribution in [2.24, 2.45) is 0 Å². The van der Waals surface area contributed by atoms with Crippen LogP contribution >= 0.6 is 0 Å². The number of hydrogen-bond acceptors (Lipinski definition) is 2. The highest BCUT2D eigenvalue weighted by Gasteiger charge is 2.24. The van der Waals surface area contributed by atoms with Crippen LogP contribution in [-0.4, -0.2) is 35.8 Å². The SMILES string of the molecule is O=C(O)N1CCOC(c2ccccc2)C1. The summed E-state index contributed by atoms with van der Waals surface area (Å²) in [6.07, 6.45) is -1.00. The topological polar surface area (TPSA) is 49.8 Å². The van der Waals surface area contributed by atoms with E-state index in [1.807, 2.05) is 30.3 Å². The van der Waals surface area contributed by atoms with Gasteiger partial charge < -0.3 is 14.7 Å². The summed E-state index contributed by atoms with van der Waals surface area (Å²) in [4.78, 5) is 12.2. The standard InChI is InChI=1S/C11H13NO3/c13-11(14)12-6-7-15-10(8-12)9-4-2-1-3-5-9/h1-5,10H,6-8H2,(H,13,14). The minimum Gasteiger partial charge on any atom is -0.465 e. The van der Waals surface area contributed by atoms with E-state index in [0.717, 1.165) is 5.56 Å². The molecule has 1 unspecified atom stereocenters. The van der Waals surface area contributed by atoms with Crippen molar-refractivity contribution < 1.29 is 14.6 Å². The molecule has 1 aromatic rings. The van der Waals surface area contributed by atoms with Gasteiger partial charge in [-0.1, -0.05) is 30.3 Å². The fourth-order valence-corrected chi connectivity index (χ4v) is 1.69. The molecule has 0 radical (unpaired) electrons. The first kappa shape index (κ1) is 9.98. The van der Waals surface area contributed by atoms with Crippen molar-refractivity contribution in [2.75, 3.05) is 19.7 Å². The van der Waals surface area contributed by atoms with Crippen molar-refractivity contribution in [2.45, 2.75) is 6.10 Å². The van der Waals surface area contributed by atoms with Gasteiger partial charge in [0, 0.05) is 6.54 Å². The van der Waals surface area contributed by atoms with E-state index in [4.69, 9.17) is 9.84 Å². The zero-order valence-corrected chi connectivity index (χ0v) is 8.30. The molecule has 1 amide bonds. The average molecular weight is 207 g/mol. The first-order valence-corrected chi connectivity index (χ1v) is 4.92. The van der Waals surface area contributed by atoms with Gasteiger partial charge in [-0.2, -0.15) is 0 Å². The molecule has 0 aromatic heterocycles. The quantitative estimate of drug-likeness (QED) is 0.763. The number of hydrogen-bond donors (Lipinski definition) is 1. The molecule has 1 saturated heterocycles. The third-order valence-corrected chi connectivity index (χ3v) is 2.51. The van der Waals surface area contributed by atoms with Crippen molar-refractivity contribution >= 4 is 6.09 Å². The number of morpholine rings is 1. The van der Waals surface area contributed by atoms with E-state index in [1.54, 1.807) is 0 Å². The maximum atomic E-state index is 10.8. The van der Waals surface area contributed by atoms with E-state index < -0.39 is 6.09 Å². The lowest BCUT2D eigenvalue weighted by molar-refractivity contribution is -0.0232. The van der Waals surface area contributed by atoms with Gasteiger partial charge in [-0.3, -0.25) is 0 Å². The van der Waals surface area contributed by atoms with E-state index in [-0.39, 0.29) is 6.10 Å². The molecule has 0 bridgehead atoms. The number of carbonyl (C=O) groups is 1. The van der Waals surface area contributed by atoms with Gasteiger partial charge in [-0.25, -0.2) is 4.79 Å². The maximum Gasteiger partial charge on any atom is 0.407 e. The van der Waals surface area contributed by atoms with E-state index in [0.29, 0.717) is 19.7 Å². The molecule has 80 valence electrons. The Morgan fingerprint density at radius 3 is 2.80 bits per heavy atom. The smallest absolute Gasteiger partial charge is 0.407 e. The summed E-state index contributed by atoms with van der Waals surface area (Å²) in [5, 5.41) is 8.87. The Morgan fingerprint density at radius 1 is 1.40 bits per heavy atom. The Balaban J connectivity index is 2.08. The van der Waals surface area contributed by atoms with Crippen LogP contribution in [0.1, 0.15) is 11.7 Å². The molecule has 1 aliphatic rings. The molecule has 0 saturated carbocycles. The van der Waals surface area contributed by atoms with Gasteiger partial charge in [0.05, 0.1) is 13.2 Å². The second kappa shape index (κ2) is 4.31. The number of benzene rings is 1. The van der Waals surface area contributed by atoms with Crippen LogP contribution in [0.2, 0.25) is 0 Å². The Bertz CT molecular complexity index is 339. The molecule has 15 heavy (non-hydrogen) atoms. The van der Waals surface area contributed by atoms with Gasteiger partial charge in [-0.05, 0) is 5.56 Å². The second-order valence-electron chi connectivity index (χ2n) is 3.50. The summed E-state index contributed by atoms with van der Waals surface area (Å²) < 4.78 is 5.54. The third kappa shape index (κ3) is 2.27. The highest BCUT2D eigenvalue weighted by Crippen LogP contribution is 2.21. The van der Waals surface area contributed by atoms with Gasteiger partial charge in [0.25, 0.3) is 0 Å². The van der Waals surface area contributed by atoms with Crippen LogP contribution in [0.15, 0.2) is 30.3 Å². The number of nitrogens with zero attached hydrogens (tertiary/aromatic N) is 1. The Hall–Kier alpha value is -1.55. The van der Waals surface area contributed by atoms with E-state index in [1.165, 1.54) is 4.90 Å². The molecule has 1 N–H and O–H groups in total. The fraction of sp³-hybridized carbons (Fsp3) is 0.364. The van der Waals surface area contributed by atoms with E-state index in [9.17, 15) is 4.79 Å². The van der Waals surface area contributed by atoms with Gasteiger partial charge in [0.1, 0.15) is 6.10 Å². The van der Waals surface area contributed by atoms with Gasteiger partial charge in [0.2, 0.25) is 0 Å². The van der Waals surface area contributed by atoms with Crippen molar-refractivity contribution in [3.8, 4) is 0 Å². The third-order valence-electron chi connectivity index (χ3n) is 2.51. The lowest BCUT2D eigenvalue weighted by Gasteiger charge is -2.31. The van der Waals surface area contributed by atoms with Crippen LogP contribution in [0, 0.1) is 0 Å². The average Bonchev–Trinajstić information content (AvgIpc) is 2.30. The first-order chi connectivity index (χ1) is 7.27. The second-order valence-corrected chi connectivity index (χ2v) is 3.50. The van der Waals surface area contributed by atoms with E-state index >= 15 is 0 Å². The predicted octanol–water partition coefficient (Wildman–Crippen LogP) is 1.74. The summed E-state index contributed by atoms with van der Waals surface area (Å²) in [7, 11) is 0. The molecule has 1 heterocycles. The Labute approximate surface area is 88.1 Å². The lowest BCUT2D eigenvalue weighted by Crippen LogP contribution is -2.41. The van der Waals surface area contributed by atoms with Crippen LogP contribution in [0.25, 0.3) is 0 Å². The fourth-order valence-electron chi connectivity index (χ4n) is 1.69. The molecule has 1 fully saturated rings. The summed E-state index contributed by atoms with van der Waals surface area (Å²) in [5.74, 6) is 0. The molecule has 4 heteroatoms.